The molecule has 0 aliphatic carbocycles. The Morgan fingerprint density at radius 2 is 2.10 bits per heavy atom. The van der Waals surface area contributed by atoms with E-state index in [-0.39, 0.29) is 11.7 Å². The summed E-state index contributed by atoms with van der Waals surface area (Å²) in [6, 6.07) is 8.01. The molecule has 0 bridgehead atoms. The van der Waals surface area contributed by atoms with Gasteiger partial charge in [-0.05, 0) is 30.7 Å². The minimum atomic E-state index is -0.0924. The molecule has 6 nitrogen and oxygen atoms in total. The summed E-state index contributed by atoms with van der Waals surface area (Å²) < 4.78 is 1.80. The van der Waals surface area contributed by atoms with E-state index in [1.165, 1.54) is 0 Å². The standard InChI is InChI=1S/C15H15N5O/c1-10-4-5-13(17-7-10)19-8-11(9-19)20-12-3-2-6-16-14(12)18-15(20)21/h2-7,11H,8-9H2,1H3,(H,16,18,21). The van der Waals surface area contributed by atoms with Gasteiger partial charge in [0.25, 0.3) is 0 Å². The van der Waals surface area contributed by atoms with E-state index in [9.17, 15) is 4.79 Å². The number of nitrogens with one attached hydrogen (secondary N) is 1. The molecule has 3 aromatic heterocycles. The Labute approximate surface area is 121 Å². The van der Waals surface area contributed by atoms with Crippen molar-refractivity contribution in [2.24, 2.45) is 0 Å². The molecule has 1 aliphatic heterocycles. The number of H-pyrrole nitrogens is 1. The Bertz CT molecular complexity index is 842. The summed E-state index contributed by atoms with van der Waals surface area (Å²) in [5, 5.41) is 0. The number of nitrogens with zero attached hydrogens (tertiary/aromatic N) is 4. The summed E-state index contributed by atoms with van der Waals surface area (Å²) in [7, 11) is 0. The third kappa shape index (κ3) is 1.91. The first-order valence-corrected chi connectivity index (χ1v) is 6.95. The molecule has 0 unspecified atom stereocenters. The molecule has 0 amide bonds. The number of aromatic amines is 1. The lowest BCUT2D eigenvalue weighted by atomic mass is 10.1. The van der Waals surface area contributed by atoms with Crippen molar-refractivity contribution >= 4 is 17.0 Å². The minimum absolute atomic E-state index is 0.0924. The predicted molar refractivity (Wildman–Crippen MR) is 80.6 cm³/mol. The molecule has 3 aromatic rings. The molecular formula is C15H15N5O. The van der Waals surface area contributed by atoms with E-state index in [2.05, 4.69) is 25.9 Å². The van der Waals surface area contributed by atoms with Crippen molar-refractivity contribution in [3.8, 4) is 0 Å². The normalized spacial score (nSPS) is 15.4. The maximum absolute atomic E-state index is 12.1. The van der Waals surface area contributed by atoms with Gasteiger partial charge in [0, 0.05) is 25.5 Å². The van der Waals surface area contributed by atoms with Crippen LogP contribution in [0.25, 0.3) is 11.2 Å². The molecule has 1 saturated heterocycles. The third-order valence-electron chi connectivity index (χ3n) is 3.94. The average Bonchev–Trinajstić information content (AvgIpc) is 2.76. The highest BCUT2D eigenvalue weighted by molar-refractivity contribution is 5.70. The number of fused-ring (bicyclic) bond motifs is 1. The zero-order chi connectivity index (χ0) is 14.4. The lowest BCUT2D eigenvalue weighted by Crippen LogP contribution is -2.50. The zero-order valence-corrected chi connectivity index (χ0v) is 11.7. The molecule has 6 heteroatoms. The van der Waals surface area contributed by atoms with Crippen molar-refractivity contribution in [3.05, 3.63) is 52.7 Å². The van der Waals surface area contributed by atoms with Gasteiger partial charge in [-0.3, -0.25) is 9.55 Å². The van der Waals surface area contributed by atoms with Crippen molar-refractivity contribution in [2.45, 2.75) is 13.0 Å². The Balaban J connectivity index is 1.61. The van der Waals surface area contributed by atoms with Gasteiger partial charge < -0.3 is 4.90 Å². The first-order valence-electron chi connectivity index (χ1n) is 6.95. The van der Waals surface area contributed by atoms with Crippen LogP contribution in [0.5, 0.6) is 0 Å². The van der Waals surface area contributed by atoms with E-state index in [0.717, 1.165) is 30.0 Å². The van der Waals surface area contributed by atoms with Gasteiger partial charge in [0.2, 0.25) is 0 Å². The monoisotopic (exact) mass is 281 g/mol. The molecule has 4 heterocycles. The number of anilines is 1. The fourth-order valence-corrected chi connectivity index (χ4v) is 2.77. The first-order chi connectivity index (χ1) is 10.2. The van der Waals surface area contributed by atoms with Crippen LogP contribution in [0.1, 0.15) is 11.6 Å². The highest BCUT2D eigenvalue weighted by Gasteiger charge is 2.31. The van der Waals surface area contributed by atoms with Crippen molar-refractivity contribution in [1.82, 2.24) is 19.5 Å². The van der Waals surface area contributed by atoms with Crippen molar-refractivity contribution in [3.63, 3.8) is 0 Å². The molecule has 106 valence electrons. The predicted octanol–water partition coefficient (Wildman–Crippen LogP) is 1.49. The SMILES string of the molecule is Cc1ccc(N2CC(n3c(=O)[nH]c4ncccc43)C2)nc1. The molecular weight excluding hydrogens is 266 g/mol. The molecule has 0 saturated carbocycles. The number of pyridine rings is 2. The van der Waals surface area contributed by atoms with Gasteiger partial charge in [-0.1, -0.05) is 6.07 Å². The number of rotatable bonds is 2. The van der Waals surface area contributed by atoms with E-state index >= 15 is 0 Å². The van der Waals surface area contributed by atoms with E-state index in [0.29, 0.717) is 5.65 Å². The van der Waals surface area contributed by atoms with Crippen LogP contribution in [0.3, 0.4) is 0 Å². The Kier molecular flexibility index (Phi) is 2.57. The summed E-state index contributed by atoms with van der Waals surface area (Å²) in [6.45, 7) is 3.60. The maximum atomic E-state index is 12.1. The molecule has 0 atom stereocenters. The molecule has 1 fully saturated rings. The van der Waals surface area contributed by atoms with E-state index in [1.54, 1.807) is 10.8 Å². The molecule has 0 radical (unpaired) electrons. The summed E-state index contributed by atoms with van der Waals surface area (Å²) in [6.07, 6.45) is 3.55. The van der Waals surface area contributed by atoms with Gasteiger partial charge in [-0.2, -0.15) is 0 Å². The molecule has 1 aliphatic rings. The van der Waals surface area contributed by atoms with E-state index in [4.69, 9.17) is 0 Å². The second kappa shape index (κ2) is 4.44. The molecule has 0 spiro atoms. The van der Waals surface area contributed by atoms with Gasteiger partial charge in [0.05, 0.1) is 11.6 Å². The largest absolute Gasteiger partial charge is 0.352 e. The Hall–Kier alpha value is -2.63. The van der Waals surface area contributed by atoms with Gasteiger partial charge in [0.15, 0.2) is 5.65 Å². The first kappa shape index (κ1) is 12.1. The lowest BCUT2D eigenvalue weighted by molar-refractivity contribution is 0.397. The topological polar surface area (TPSA) is 66.8 Å². The van der Waals surface area contributed by atoms with Crippen LogP contribution in [0.2, 0.25) is 0 Å². The van der Waals surface area contributed by atoms with Crippen LogP contribution >= 0.6 is 0 Å². The Morgan fingerprint density at radius 1 is 1.24 bits per heavy atom. The smallest absolute Gasteiger partial charge is 0.328 e. The number of hydrogen-bond donors (Lipinski definition) is 1. The molecule has 0 aromatic carbocycles. The van der Waals surface area contributed by atoms with Gasteiger partial charge in [-0.15, -0.1) is 0 Å². The summed E-state index contributed by atoms with van der Waals surface area (Å²) >= 11 is 0. The number of hydrogen-bond acceptors (Lipinski definition) is 4. The van der Waals surface area contributed by atoms with Crippen molar-refractivity contribution in [1.29, 1.82) is 0 Å². The number of aromatic nitrogens is 4. The highest BCUT2D eigenvalue weighted by Crippen LogP contribution is 2.27. The van der Waals surface area contributed by atoms with Crippen LogP contribution < -0.4 is 10.6 Å². The van der Waals surface area contributed by atoms with E-state index < -0.39 is 0 Å². The lowest BCUT2D eigenvalue weighted by Gasteiger charge is -2.40. The third-order valence-corrected chi connectivity index (χ3v) is 3.94. The van der Waals surface area contributed by atoms with Crippen molar-refractivity contribution < 1.29 is 0 Å². The maximum Gasteiger partial charge on any atom is 0.328 e. The van der Waals surface area contributed by atoms with Crippen LogP contribution in [0.15, 0.2) is 41.5 Å². The van der Waals surface area contributed by atoms with Crippen LogP contribution in [-0.4, -0.2) is 32.6 Å². The zero-order valence-electron chi connectivity index (χ0n) is 11.7. The van der Waals surface area contributed by atoms with Crippen LogP contribution in [-0.2, 0) is 0 Å². The minimum Gasteiger partial charge on any atom is -0.352 e. The number of imidazole rings is 1. The van der Waals surface area contributed by atoms with Crippen molar-refractivity contribution in [2.75, 3.05) is 18.0 Å². The van der Waals surface area contributed by atoms with Gasteiger partial charge in [-0.25, -0.2) is 14.8 Å². The molecule has 4 rings (SSSR count). The second-order valence-electron chi connectivity index (χ2n) is 5.42. The molecule has 1 N–H and O–H groups in total. The highest BCUT2D eigenvalue weighted by atomic mass is 16.1. The van der Waals surface area contributed by atoms with Crippen LogP contribution in [0, 0.1) is 6.92 Å². The fourth-order valence-electron chi connectivity index (χ4n) is 2.77. The molecule has 21 heavy (non-hydrogen) atoms. The summed E-state index contributed by atoms with van der Waals surface area (Å²) in [4.78, 5) is 25.7. The second-order valence-corrected chi connectivity index (χ2v) is 5.42. The summed E-state index contributed by atoms with van der Waals surface area (Å²) in [5.74, 6) is 0.961. The Morgan fingerprint density at radius 3 is 2.86 bits per heavy atom. The quantitative estimate of drug-likeness (QED) is 0.773. The average molecular weight is 281 g/mol. The van der Waals surface area contributed by atoms with Gasteiger partial charge in [0.1, 0.15) is 5.82 Å². The van der Waals surface area contributed by atoms with E-state index in [1.807, 2.05) is 31.3 Å². The summed E-state index contributed by atoms with van der Waals surface area (Å²) in [5.41, 5.74) is 2.57. The van der Waals surface area contributed by atoms with Gasteiger partial charge >= 0.3 is 5.69 Å². The fraction of sp³-hybridized carbons (Fsp3) is 0.267. The number of aryl methyl sites for hydroxylation is 1. The van der Waals surface area contributed by atoms with Crippen LogP contribution in [0.4, 0.5) is 5.82 Å².